The lowest BCUT2D eigenvalue weighted by Gasteiger charge is -2.28. The summed E-state index contributed by atoms with van der Waals surface area (Å²) in [4.78, 5) is 0. The van der Waals surface area contributed by atoms with Crippen LogP contribution in [0.15, 0.2) is 23.4 Å². The second-order valence-electron chi connectivity index (χ2n) is 5.63. The highest BCUT2D eigenvalue weighted by atomic mass is 16.5. The fourth-order valence-electron chi connectivity index (χ4n) is 2.83. The van der Waals surface area contributed by atoms with Gasteiger partial charge in [-0.1, -0.05) is 31.0 Å². The predicted octanol–water partition coefficient (Wildman–Crippen LogP) is 2.88. The Kier molecular flexibility index (Phi) is 5.44. The summed E-state index contributed by atoms with van der Waals surface area (Å²) in [6.07, 6.45) is 5.24. The molecule has 1 saturated carbocycles. The van der Waals surface area contributed by atoms with Gasteiger partial charge < -0.3 is 20.4 Å². The van der Waals surface area contributed by atoms with E-state index in [2.05, 4.69) is 12.1 Å². The summed E-state index contributed by atoms with van der Waals surface area (Å²) in [7, 11) is 1.56. The average Bonchev–Trinajstić information content (AvgIpc) is 2.53. The van der Waals surface area contributed by atoms with Crippen LogP contribution in [0, 0.1) is 5.92 Å². The summed E-state index contributed by atoms with van der Waals surface area (Å²) in [6, 6.07) is 5.61. The van der Waals surface area contributed by atoms with E-state index in [1.807, 2.05) is 18.2 Å². The maximum absolute atomic E-state index is 8.84. The highest BCUT2D eigenvalue weighted by Crippen LogP contribution is 2.27. The minimum atomic E-state index is 0.0414. The summed E-state index contributed by atoms with van der Waals surface area (Å²) >= 11 is 0. The van der Waals surface area contributed by atoms with Gasteiger partial charge in [0, 0.05) is 0 Å². The quantitative estimate of drug-likeness (QED) is 0.378. The van der Waals surface area contributed by atoms with Crippen molar-refractivity contribution < 1.29 is 14.7 Å². The molecule has 21 heavy (non-hydrogen) atoms. The number of oxime groups is 1. The van der Waals surface area contributed by atoms with Crippen LogP contribution < -0.4 is 10.5 Å². The number of amidine groups is 1. The number of rotatable bonds is 5. The van der Waals surface area contributed by atoms with Gasteiger partial charge in [-0.15, -0.1) is 0 Å². The number of nitrogens with zero attached hydrogens (tertiary/aromatic N) is 1. The van der Waals surface area contributed by atoms with E-state index >= 15 is 0 Å². The second-order valence-corrected chi connectivity index (χ2v) is 5.63. The van der Waals surface area contributed by atoms with Crippen LogP contribution in [0.2, 0.25) is 0 Å². The first-order valence-electron chi connectivity index (χ1n) is 7.42. The van der Waals surface area contributed by atoms with Crippen LogP contribution in [-0.4, -0.2) is 24.3 Å². The van der Waals surface area contributed by atoms with Crippen LogP contribution in [0.4, 0.5) is 0 Å². The highest BCUT2D eigenvalue weighted by Gasteiger charge is 2.21. The van der Waals surface area contributed by atoms with Gasteiger partial charge >= 0.3 is 0 Å². The molecule has 5 nitrogen and oxygen atoms in total. The molecule has 2 rings (SSSR count). The third-order valence-electron chi connectivity index (χ3n) is 4.14. The fourth-order valence-corrected chi connectivity index (χ4v) is 2.83. The van der Waals surface area contributed by atoms with Crippen molar-refractivity contribution >= 4 is 5.84 Å². The topological polar surface area (TPSA) is 77.1 Å². The van der Waals surface area contributed by atoms with Gasteiger partial charge in [0.1, 0.15) is 5.75 Å². The molecule has 0 radical (unpaired) electrons. The molecule has 0 heterocycles. The van der Waals surface area contributed by atoms with Crippen molar-refractivity contribution in [3.8, 4) is 5.75 Å². The standard InChI is InChI=1S/C16H24N2O3/c1-11-5-3-4-6-14(11)21-10-12-7-8-15(20-2)13(9-12)16(17)18-19/h7-9,11,14,19H,3-6,10H2,1-2H3,(H2,17,18). The average molecular weight is 292 g/mol. The molecule has 1 aromatic carbocycles. The summed E-state index contributed by atoms with van der Waals surface area (Å²) in [5, 5.41) is 11.9. The van der Waals surface area contributed by atoms with E-state index in [0.717, 1.165) is 12.0 Å². The molecule has 0 spiro atoms. The first kappa shape index (κ1) is 15.6. The van der Waals surface area contributed by atoms with Crippen molar-refractivity contribution in [1.29, 1.82) is 0 Å². The maximum atomic E-state index is 8.84. The molecule has 1 fully saturated rings. The van der Waals surface area contributed by atoms with Crippen molar-refractivity contribution in [2.24, 2.45) is 16.8 Å². The number of hydrogen-bond donors (Lipinski definition) is 2. The van der Waals surface area contributed by atoms with E-state index in [9.17, 15) is 0 Å². The number of benzene rings is 1. The van der Waals surface area contributed by atoms with Crippen molar-refractivity contribution in [3.05, 3.63) is 29.3 Å². The SMILES string of the molecule is COc1ccc(COC2CCCCC2C)cc1C(N)=NO. The Morgan fingerprint density at radius 2 is 2.14 bits per heavy atom. The van der Waals surface area contributed by atoms with Crippen LogP contribution in [-0.2, 0) is 11.3 Å². The molecule has 0 aliphatic heterocycles. The van der Waals surface area contributed by atoms with Gasteiger partial charge in [0.15, 0.2) is 5.84 Å². The minimum Gasteiger partial charge on any atom is -0.496 e. The van der Waals surface area contributed by atoms with Crippen molar-refractivity contribution in [2.75, 3.05) is 7.11 Å². The monoisotopic (exact) mass is 292 g/mol. The van der Waals surface area contributed by atoms with Crippen molar-refractivity contribution in [2.45, 2.75) is 45.3 Å². The Morgan fingerprint density at radius 3 is 2.81 bits per heavy atom. The lowest BCUT2D eigenvalue weighted by atomic mass is 9.88. The Bertz CT molecular complexity index is 502. The van der Waals surface area contributed by atoms with Gasteiger partial charge in [0.2, 0.25) is 0 Å². The van der Waals surface area contributed by atoms with Crippen LogP contribution in [0.25, 0.3) is 0 Å². The van der Waals surface area contributed by atoms with Crippen molar-refractivity contribution in [1.82, 2.24) is 0 Å². The molecule has 0 saturated heterocycles. The Hall–Kier alpha value is -1.75. The third kappa shape index (κ3) is 3.88. The van der Waals surface area contributed by atoms with E-state index in [0.29, 0.717) is 29.9 Å². The van der Waals surface area contributed by atoms with Crippen LogP contribution in [0.1, 0.15) is 43.7 Å². The molecule has 2 unspecified atom stereocenters. The first-order chi connectivity index (χ1) is 10.2. The maximum Gasteiger partial charge on any atom is 0.173 e. The van der Waals surface area contributed by atoms with E-state index in [1.165, 1.54) is 19.3 Å². The van der Waals surface area contributed by atoms with E-state index < -0.39 is 0 Å². The first-order valence-corrected chi connectivity index (χ1v) is 7.42. The number of nitrogens with two attached hydrogens (primary N) is 1. The normalized spacial score (nSPS) is 23.0. The molecule has 0 amide bonds. The summed E-state index contributed by atoms with van der Waals surface area (Å²) in [5.74, 6) is 1.24. The van der Waals surface area contributed by atoms with E-state index in [4.69, 9.17) is 20.4 Å². The Balaban J connectivity index is 2.06. The van der Waals surface area contributed by atoms with Crippen LogP contribution in [0.3, 0.4) is 0 Å². The number of hydrogen-bond acceptors (Lipinski definition) is 4. The van der Waals surface area contributed by atoms with Gasteiger partial charge in [-0.3, -0.25) is 0 Å². The van der Waals surface area contributed by atoms with Gasteiger partial charge in [-0.2, -0.15) is 0 Å². The van der Waals surface area contributed by atoms with Crippen LogP contribution >= 0.6 is 0 Å². The second kappa shape index (κ2) is 7.31. The number of methoxy groups -OCH3 is 1. The molecular formula is C16H24N2O3. The van der Waals surface area contributed by atoms with Gasteiger partial charge in [0.05, 0.1) is 25.4 Å². The summed E-state index contributed by atoms with van der Waals surface area (Å²) in [6.45, 7) is 2.78. The highest BCUT2D eigenvalue weighted by molar-refractivity contribution is 5.99. The summed E-state index contributed by atoms with van der Waals surface area (Å²) in [5.41, 5.74) is 7.26. The zero-order valence-corrected chi connectivity index (χ0v) is 12.7. The number of ether oxygens (including phenoxy) is 2. The van der Waals surface area contributed by atoms with Crippen LogP contribution in [0.5, 0.6) is 5.75 Å². The molecule has 116 valence electrons. The van der Waals surface area contributed by atoms with Gasteiger partial charge in [-0.25, -0.2) is 0 Å². The molecule has 1 aliphatic carbocycles. The Labute approximate surface area is 125 Å². The zero-order chi connectivity index (χ0) is 15.2. The molecule has 1 aromatic rings. The molecule has 1 aliphatic rings. The predicted molar refractivity (Wildman–Crippen MR) is 81.7 cm³/mol. The lowest BCUT2D eigenvalue weighted by Crippen LogP contribution is -2.25. The molecule has 5 heteroatoms. The largest absolute Gasteiger partial charge is 0.496 e. The van der Waals surface area contributed by atoms with Crippen molar-refractivity contribution in [3.63, 3.8) is 0 Å². The molecule has 0 bridgehead atoms. The third-order valence-corrected chi connectivity index (χ3v) is 4.14. The smallest absolute Gasteiger partial charge is 0.173 e. The molecular weight excluding hydrogens is 268 g/mol. The summed E-state index contributed by atoms with van der Waals surface area (Å²) < 4.78 is 11.3. The molecule has 2 atom stereocenters. The van der Waals surface area contributed by atoms with Gasteiger partial charge in [-0.05, 0) is 36.5 Å². The van der Waals surface area contributed by atoms with E-state index in [1.54, 1.807) is 7.11 Å². The Morgan fingerprint density at radius 1 is 1.38 bits per heavy atom. The molecule has 3 N–H and O–H groups in total. The molecule has 0 aromatic heterocycles. The fraction of sp³-hybridized carbons (Fsp3) is 0.562. The van der Waals surface area contributed by atoms with Gasteiger partial charge in [0.25, 0.3) is 0 Å². The minimum absolute atomic E-state index is 0.0414. The lowest BCUT2D eigenvalue weighted by molar-refractivity contribution is -0.0154. The van der Waals surface area contributed by atoms with E-state index in [-0.39, 0.29) is 5.84 Å². The zero-order valence-electron chi connectivity index (χ0n) is 12.7.